The molecular formula is C26H41N3O4S. The Bertz CT molecular complexity index is 820. The number of hydrogen-bond acceptors (Lipinski definition) is 5. The van der Waals surface area contributed by atoms with E-state index in [1.54, 1.807) is 26.8 Å². The van der Waals surface area contributed by atoms with Crippen LogP contribution in [0.2, 0.25) is 0 Å². The molecule has 0 aliphatic rings. The molecule has 0 fully saturated rings. The first-order valence-corrected chi connectivity index (χ1v) is 12.5. The van der Waals surface area contributed by atoms with Crippen molar-refractivity contribution in [3.05, 3.63) is 48.0 Å². The van der Waals surface area contributed by atoms with Crippen molar-refractivity contribution < 1.29 is 19.1 Å². The maximum atomic E-state index is 13.6. The van der Waals surface area contributed by atoms with Gasteiger partial charge in [-0.05, 0) is 51.7 Å². The Hall–Kier alpha value is -2.48. The molecule has 0 bridgehead atoms. The predicted octanol–water partition coefficient (Wildman–Crippen LogP) is 4.43. The molecule has 1 aromatic rings. The topological polar surface area (TPSA) is 87.7 Å². The smallest absolute Gasteiger partial charge is 0.408 e. The van der Waals surface area contributed by atoms with Crippen molar-refractivity contribution in [2.24, 2.45) is 0 Å². The van der Waals surface area contributed by atoms with Crippen LogP contribution >= 0.6 is 12.6 Å². The van der Waals surface area contributed by atoms with E-state index >= 15 is 0 Å². The zero-order valence-corrected chi connectivity index (χ0v) is 22.3. The molecule has 7 nitrogen and oxygen atoms in total. The molecule has 8 heteroatoms. The molecule has 190 valence electrons. The molecule has 0 aliphatic heterocycles. The van der Waals surface area contributed by atoms with Gasteiger partial charge < -0.3 is 20.3 Å². The summed E-state index contributed by atoms with van der Waals surface area (Å²) in [6, 6.07) is 5.74. The number of aryl methyl sites for hydroxylation is 1. The van der Waals surface area contributed by atoms with Crippen LogP contribution in [0.3, 0.4) is 0 Å². The van der Waals surface area contributed by atoms with Gasteiger partial charge in [0.2, 0.25) is 11.8 Å². The average Bonchev–Trinajstić information content (AvgIpc) is 2.76. The van der Waals surface area contributed by atoms with Crippen molar-refractivity contribution in [3.63, 3.8) is 0 Å². The number of rotatable bonds is 12. The third kappa shape index (κ3) is 9.41. The molecule has 2 N–H and O–H groups in total. The summed E-state index contributed by atoms with van der Waals surface area (Å²) in [6.07, 6.45) is 3.46. The molecule has 3 unspecified atom stereocenters. The summed E-state index contributed by atoms with van der Waals surface area (Å²) in [5.74, 6) is -0.680. The van der Waals surface area contributed by atoms with Gasteiger partial charge in [-0.25, -0.2) is 4.79 Å². The number of carbonyl (C=O) groups is 3. The van der Waals surface area contributed by atoms with Gasteiger partial charge >= 0.3 is 6.09 Å². The van der Waals surface area contributed by atoms with Gasteiger partial charge in [0.25, 0.3) is 0 Å². The zero-order chi connectivity index (χ0) is 25.9. The maximum absolute atomic E-state index is 13.6. The quantitative estimate of drug-likeness (QED) is 0.298. The normalized spacial score (nSPS) is 13.9. The van der Waals surface area contributed by atoms with Gasteiger partial charge in [0.15, 0.2) is 0 Å². The van der Waals surface area contributed by atoms with E-state index in [-0.39, 0.29) is 24.2 Å². The largest absolute Gasteiger partial charge is 0.444 e. The number of alkyl carbamates (subject to hydrolysis) is 1. The summed E-state index contributed by atoms with van der Waals surface area (Å²) in [5.41, 5.74) is 1.10. The lowest BCUT2D eigenvalue weighted by Crippen LogP contribution is -2.54. The second kappa shape index (κ2) is 14.0. The van der Waals surface area contributed by atoms with Gasteiger partial charge in [0, 0.05) is 18.3 Å². The molecule has 3 atom stereocenters. The second-order valence-corrected chi connectivity index (χ2v) is 9.72. The molecule has 3 amide bonds. The fourth-order valence-electron chi connectivity index (χ4n) is 3.53. The van der Waals surface area contributed by atoms with Crippen LogP contribution in [0.1, 0.15) is 71.6 Å². The summed E-state index contributed by atoms with van der Waals surface area (Å²) in [5, 5.41) is 5.62. The van der Waals surface area contributed by atoms with Crippen molar-refractivity contribution in [2.45, 2.75) is 84.5 Å². The fraction of sp³-hybridized carbons (Fsp3) is 0.577. The molecular weight excluding hydrogens is 450 g/mol. The highest BCUT2D eigenvalue weighted by Crippen LogP contribution is 2.24. The van der Waals surface area contributed by atoms with E-state index in [0.29, 0.717) is 5.56 Å². The van der Waals surface area contributed by atoms with E-state index < -0.39 is 29.7 Å². The van der Waals surface area contributed by atoms with Crippen LogP contribution in [0.25, 0.3) is 0 Å². The summed E-state index contributed by atoms with van der Waals surface area (Å²) >= 11 is 4.28. The standard InChI is InChI=1S/C26H41N3O4S/c1-8-11-18(4)27-23(30)22(20-14-12-19(10-3)13-15-20)29(16-9-2)24(31)21(17-34)28-25(32)33-26(5,6)7/h9,12-15,18,21-22,34H,2,8,10-11,16-17H2,1,3-7H3,(H,27,30)(H,28,32). The zero-order valence-electron chi connectivity index (χ0n) is 21.4. The van der Waals surface area contributed by atoms with Crippen molar-refractivity contribution >= 4 is 30.5 Å². The fourth-order valence-corrected chi connectivity index (χ4v) is 3.78. The van der Waals surface area contributed by atoms with Crippen LogP contribution < -0.4 is 10.6 Å². The van der Waals surface area contributed by atoms with E-state index in [4.69, 9.17) is 4.74 Å². The summed E-state index contributed by atoms with van der Waals surface area (Å²) < 4.78 is 5.30. The highest BCUT2D eigenvalue weighted by Gasteiger charge is 2.35. The number of ether oxygens (including phenoxy) is 1. The van der Waals surface area contributed by atoms with Gasteiger partial charge in [-0.3, -0.25) is 9.59 Å². The highest BCUT2D eigenvalue weighted by molar-refractivity contribution is 7.80. The predicted molar refractivity (Wildman–Crippen MR) is 140 cm³/mol. The molecule has 1 aromatic carbocycles. The Kier molecular flexibility index (Phi) is 12.2. The van der Waals surface area contributed by atoms with Crippen molar-refractivity contribution in [1.82, 2.24) is 15.5 Å². The first-order chi connectivity index (χ1) is 16.0. The Balaban J connectivity index is 3.34. The maximum Gasteiger partial charge on any atom is 0.408 e. The molecule has 0 aromatic heterocycles. The third-order valence-electron chi connectivity index (χ3n) is 5.15. The molecule has 0 spiro atoms. The van der Waals surface area contributed by atoms with E-state index in [0.717, 1.165) is 24.8 Å². The highest BCUT2D eigenvalue weighted by atomic mass is 32.1. The number of nitrogens with zero attached hydrogens (tertiary/aromatic N) is 1. The number of thiol groups is 1. The van der Waals surface area contributed by atoms with Gasteiger partial charge in [0.1, 0.15) is 17.7 Å². The minimum atomic E-state index is -0.976. The van der Waals surface area contributed by atoms with Crippen LogP contribution in [0.15, 0.2) is 36.9 Å². The van der Waals surface area contributed by atoms with E-state index in [2.05, 4.69) is 43.7 Å². The summed E-state index contributed by atoms with van der Waals surface area (Å²) in [6.45, 7) is 15.2. The monoisotopic (exact) mass is 491 g/mol. The van der Waals surface area contributed by atoms with Crippen LogP contribution in [0.4, 0.5) is 4.79 Å². The number of amides is 3. The Morgan fingerprint density at radius 1 is 1.15 bits per heavy atom. The molecule has 0 saturated heterocycles. The van der Waals surface area contributed by atoms with E-state index in [1.807, 2.05) is 31.2 Å². The van der Waals surface area contributed by atoms with Gasteiger partial charge in [-0.1, -0.05) is 50.6 Å². The number of hydrogen-bond donors (Lipinski definition) is 3. The van der Waals surface area contributed by atoms with E-state index in [9.17, 15) is 14.4 Å². The number of carbonyl (C=O) groups excluding carboxylic acids is 3. The molecule has 1 rings (SSSR count). The van der Waals surface area contributed by atoms with Gasteiger partial charge in [-0.15, -0.1) is 6.58 Å². The lowest BCUT2D eigenvalue weighted by atomic mass is 10.00. The third-order valence-corrected chi connectivity index (χ3v) is 5.52. The molecule has 0 radical (unpaired) electrons. The SMILES string of the molecule is C=CCN(C(=O)C(CS)NC(=O)OC(C)(C)C)C(C(=O)NC(C)CCC)c1ccc(CC)cc1. The Morgan fingerprint density at radius 3 is 2.24 bits per heavy atom. The minimum absolute atomic E-state index is 0.0427. The number of nitrogens with one attached hydrogen (secondary N) is 2. The van der Waals surface area contributed by atoms with Crippen LogP contribution in [-0.2, 0) is 20.7 Å². The molecule has 0 aliphatic carbocycles. The van der Waals surface area contributed by atoms with Crippen molar-refractivity contribution in [1.29, 1.82) is 0 Å². The van der Waals surface area contributed by atoms with Crippen molar-refractivity contribution in [2.75, 3.05) is 12.3 Å². The second-order valence-electron chi connectivity index (χ2n) is 9.36. The molecule has 0 saturated carbocycles. The minimum Gasteiger partial charge on any atom is -0.444 e. The number of benzene rings is 1. The van der Waals surface area contributed by atoms with Crippen LogP contribution in [-0.4, -0.2) is 52.8 Å². The molecule has 0 heterocycles. The lowest BCUT2D eigenvalue weighted by Gasteiger charge is -2.34. The Morgan fingerprint density at radius 2 is 1.76 bits per heavy atom. The lowest BCUT2D eigenvalue weighted by molar-refractivity contribution is -0.141. The summed E-state index contributed by atoms with van der Waals surface area (Å²) in [7, 11) is 0. The molecule has 34 heavy (non-hydrogen) atoms. The first-order valence-electron chi connectivity index (χ1n) is 11.9. The first kappa shape index (κ1) is 29.6. The summed E-state index contributed by atoms with van der Waals surface area (Å²) in [4.78, 5) is 40.8. The van der Waals surface area contributed by atoms with Gasteiger partial charge in [0.05, 0.1) is 0 Å². The van der Waals surface area contributed by atoms with Gasteiger partial charge in [-0.2, -0.15) is 12.6 Å². The average molecular weight is 492 g/mol. The Labute approximate surface area is 210 Å². The van der Waals surface area contributed by atoms with E-state index in [1.165, 1.54) is 4.90 Å². The van der Waals surface area contributed by atoms with Crippen LogP contribution in [0.5, 0.6) is 0 Å². The van der Waals surface area contributed by atoms with Crippen LogP contribution in [0, 0.1) is 0 Å². The van der Waals surface area contributed by atoms with Crippen molar-refractivity contribution in [3.8, 4) is 0 Å².